The predicted molar refractivity (Wildman–Crippen MR) is 137 cm³/mol. The van der Waals surface area contributed by atoms with Gasteiger partial charge in [-0.1, -0.05) is 32.8 Å². The number of allylic oxidation sites excluding steroid dienone is 4. The Balaban J connectivity index is 0.000000580. The molecule has 0 aliphatic heterocycles. The monoisotopic (exact) mass is 586 g/mol. The third kappa shape index (κ3) is 8.62. The summed E-state index contributed by atoms with van der Waals surface area (Å²) < 4.78 is 40.3. The first kappa shape index (κ1) is 32.0. The van der Waals surface area contributed by atoms with Gasteiger partial charge < -0.3 is 0 Å². The molecule has 0 fully saturated rings. The zero-order valence-corrected chi connectivity index (χ0v) is 24.7. The van der Waals surface area contributed by atoms with Crippen molar-refractivity contribution in [1.82, 2.24) is 0 Å². The second-order valence-corrected chi connectivity index (χ2v) is 17.3. The van der Waals surface area contributed by atoms with Crippen molar-refractivity contribution in [3.63, 3.8) is 0 Å². The first-order valence-corrected chi connectivity index (χ1v) is 16.3. The summed E-state index contributed by atoms with van der Waals surface area (Å²) in [6.07, 6.45) is 3.36. The molecule has 33 heavy (non-hydrogen) atoms. The van der Waals surface area contributed by atoms with Gasteiger partial charge in [0.1, 0.15) is 17.5 Å². The summed E-state index contributed by atoms with van der Waals surface area (Å²) >= 11 is 1.74. The Hall–Kier alpha value is -1.00. The molecule has 3 aromatic rings. The van der Waals surface area contributed by atoms with Crippen LogP contribution in [0.1, 0.15) is 27.7 Å². The van der Waals surface area contributed by atoms with Gasteiger partial charge in [-0.2, -0.15) is 11.1 Å². The standard InChI is InChI=1S/C15H8F3.C9H13.C2H6Si.2ClH.Zr/c16-10-7-13(17)15(14(18)8-10)12-6-5-9-3-1-2-4-11(9)12;1-6-5-7(2)9(4)8(6)3;1-3-2;;;/h1-8H;6H,1-4H3;1-2H3;2*1H;/q2*-1;;;;+2. The van der Waals surface area contributed by atoms with Crippen LogP contribution in [0.15, 0.2) is 65.3 Å². The van der Waals surface area contributed by atoms with Crippen LogP contribution in [0.25, 0.3) is 21.9 Å². The number of benzene rings is 2. The van der Waals surface area contributed by atoms with E-state index in [-0.39, 0.29) is 35.8 Å². The van der Waals surface area contributed by atoms with Crippen molar-refractivity contribution < 1.29 is 36.5 Å². The number of hydrogen-bond acceptors (Lipinski definition) is 0. The minimum absolute atomic E-state index is 0. The largest absolute Gasteiger partial charge is 0.207 e. The molecule has 176 valence electrons. The minimum atomic E-state index is -0.912. The second-order valence-electron chi connectivity index (χ2n) is 7.88. The van der Waals surface area contributed by atoms with Gasteiger partial charge in [-0.15, -0.1) is 78.4 Å². The Morgan fingerprint density at radius 1 is 0.970 bits per heavy atom. The van der Waals surface area contributed by atoms with Crippen LogP contribution in [0.5, 0.6) is 0 Å². The molecule has 4 rings (SSSR count). The van der Waals surface area contributed by atoms with E-state index in [4.69, 9.17) is 0 Å². The fourth-order valence-electron chi connectivity index (χ4n) is 3.33. The number of hydrogen-bond donors (Lipinski definition) is 0. The molecule has 1 aliphatic rings. The SMILES string of the molecule is CC1=[C-]C(C)C(C)=C1C.C[Si](C)=[Zr+2].Cl.Cl.Fc1cc(F)c(-c2c[cH-]c3ccccc23)c(F)c1. The summed E-state index contributed by atoms with van der Waals surface area (Å²) in [5.74, 6) is -2.12. The normalized spacial score (nSPS) is 14.3. The van der Waals surface area contributed by atoms with E-state index in [0.29, 0.717) is 23.6 Å². The van der Waals surface area contributed by atoms with Gasteiger partial charge in [-0.05, 0) is 0 Å². The van der Waals surface area contributed by atoms with Gasteiger partial charge in [-0.25, -0.2) is 18.7 Å². The van der Waals surface area contributed by atoms with E-state index < -0.39 is 17.5 Å². The molecular formula is C26H29Cl2F3SiZr. The molecule has 1 unspecified atom stereocenters. The van der Waals surface area contributed by atoms with E-state index in [1.165, 1.54) is 16.7 Å². The van der Waals surface area contributed by atoms with E-state index in [9.17, 15) is 13.2 Å². The van der Waals surface area contributed by atoms with Gasteiger partial charge in [0.25, 0.3) is 0 Å². The molecule has 0 aromatic heterocycles. The number of fused-ring (bicyclic) bond motifs is 1. The van der Waals surface area contributed by atoms with Crippen molar-refractivity contribution in [3.8, 4) is 11.1 Å². The summed E-state index contributed by atoms with van der Waals surface area (Å²) in [5.41, 5.74) is 4.72. The van der Waals surface area contributed by atoms with Crippen molar-refractivity contribution in [3.05, 3.63) is 88.8 Å². The van der Waals surface area contributed by atoms with E-state index in [1.54, 1.807) is 47.6 Å². The minimum Gasteiger partial charge on any atom is -0.207 e. The summed E-state index contributed by atoms with van der Waals surface area (Å²) in [5, 5.41) is 1.65. The van der Waals surface area contributed by atoms with Gasteiger partial charge in [0.15, 0.2) is 0 Å². The maximum atomic E-state index is 13.7. The van der Waals surface area contributed by atoms with E-state index in [0.717, 1.165) is 10.8 Å². The van der Waals surface area contributed by atoms with E-state index in [2.05, 4.69) is 46.9 Å². The Bertz CT molecular complexity index is 1140. The molecule has 1 aliphatic carbocycles. The van der Waals surface area contributed by atoms with Gasteiger partial charge in [0.05, 0.1) is 0 Å². The molecule has 0 heterocycles. The van der Waals surface area contributed by atoms with Gasteiger partial charge in [0.2, 0.25) is 0 Å². The van der Waals surface area contributed by atoms with Crippen molar-refractivity contribution in [1.29, 1.82) is 0 Å². The molecule has 0 nitrogen and oxygen atoms in total. The summed E-state index contributed by atoms with van der Waals surface area (Å²) in [6, 6.07) is 12.1. The van der Waals surface area contributed by atoms with Gasteiger partial charge in [-0.3, -0.25) is 6.08 Å². The average molecular weight is 589 g/mol. The average Bonchev–Trinajstić information content (AvgIpc) is 3.18. The Morgan fingerprint density at radius 3 is 1.91 bits per heavy atom. The molecule has 1 atom stereocenters. The van der Waals surface area contributed by atoms with Gasteiger partial charge >= 0.3 is 41.9 Å². The van der Waals surface area contributed by atoms with Crippen LogP contribution in [0.3, 0.4) is 0 Å². The summed E-state index contributed by atoms with van der Waals surface area (Å²) in [4.78, 5) is 0. The zero-order valence-electron chi connectivity index (χ0n) is 19.6. The quantitative estimate of drug-likeness (QED) is 0.197. The predicted octanol–water partition coefficient (Wildman–Crippen LogP) is 8.99. The molecule has 0 saturated carbocycles. The topological polar surface area (TPSA) is 0 Å². The van der Waals surface area contributed by atoms with Crippen molar-refractivity contribution in [2.24, 2.45) is 5.92 Å². The smallest absolute Gasteiger partial charge is 0.129 e. The number of rotatable bonds is 1. The van der Waals surface area contributed by atoms with Crippen LogP contribution >= 0.6 is 24.8 Å². The first-order valence-electron chi connectivity index (χ1n) is 10.1. The van der Waals surface area contributed by atoms with Gasteiger partial charge in [0, 0.05) is 17.7 Å². The summed E-state index contributed by atoms with van der Waals surface area (Å²) in [6.45, 7) is 13.3. The zero-order chi connectivity index (χ0) is 23.3. The third-order valence-electron chi connectivity index (χ3n) is 5.19. The molecule has 0 radical (unpaired) electrons. The molecule has 3 aromatic carbocycles. The van der Waals surface area contributed by atoms with Crippen LogP contribution in [-0.2, 0) is 23.3 Å². The van der Waals surface area contributed by atoms with E-state index >= 15 is 0 Å². The van der Waals surface area contributed by atoms with E-state index in [1.807, 2.05) is 12.1 Å². The van der Waals surface area contributed by atoms with Crippen LogP contribution in [0.4, 0.5) is 13.2 Å². The molecule has 0 amide bonds. The molecular weight excluding hydrogens is 559 g/mol. The Labute approximate surface area is 222 Å². The summed E-state index contributed by atoms with van der Waals surface area (Å²) in [7, 11) is 0. The van der Waals surface area contributed by atoms with Crippen LogP contribution in [0.2, 0.25) is 13.1 Å². The maximum absolute atomic E-state index is 13.7. The molecule has 0 spiro atoms. The second kappa shape index (κ2) is 14.4. The fraction of sp³-hybridized carbons (Fsp3) is 0.269. The molecule has 0 bridgehead atoms. The Kier molecular flexibility index (Phi) is 14.0. The van der Waals surface area contributed by atoms with Crippen LogP contribution in [-0.4, -0.2) is 5.43 Å². The molecule has 0 N–H and O–H groups in total. The Morgan fingerprint density at radius 2 is 1.48 bits per heavy atom. The number of halogens is 5. The third-order valence-corrected chi connectivity index (χ3v) is 5.19. The molecule has 7 heteroatoms. The van der Waals surface area contributed by atoms with Crippen LogP contribution < -0.4 is 0 Å². The van der Waals surface area contributed by atoms with Crippen molar-refractivity contribution in [2.45, 2.75) is 40.8 Å². The van der Waals surface area contributed by atoms with Crippen LogP contribution in [0, 0.1) is 29.4 Å². The molecule has 0 saturated heterocycles. The van der Waals surface area contributed by atoms with Crippen molar-refractivity contribution >= 4 is 41.0 Å². The fourth-order valence-corrected chi connectivity index (χ4v) is 3.33. The maximum Gasteiger partial charge on any atom is 0.129 e. The van der Waals surface area contributed by atoms with Crippen molar-refractivity contribution in [2.75, 3.05) is 0 Å². The first-order chi connectivity index (χ1) is 14.5.